The number of aromatic amines is 2. The third-order valence-electron chi connectivity index (χ3n) is 13.2. The number of carboxylic acid groups (broad SMARTS) is 1. The van der Waals surface area contributed by atoms with E-state index in [4.69, 9.17) is 5.73 Å². The fraction of sp³-hybridized carbons (Fsp3) is 0.491. The lowest BCUT2D eigenvalue weighted by Gasteiger charge is -2.27. The number of primary amides is 1. The molecule has 4 aromatic rings. The Bertz CT molecular complexity index is 2570. The van der Waals surface area contributed by atoms with Crippen LogP contribution in [0.1, 0.15) is 114 Å². The van der Waals surface area contributed by atoms with Gasteiger partial charge in [0.15, 0.2) is 5.78 Å². The lowest BCUT2D eigenvalue weighted by atomic mass is 9.83. The summed E-state index contributed by atoms with van der Waals surface area (Å²) in [5.41, 5.74) is 7.89. The summed E-state index contributed by atoms with van der Waals surface area (Å²) in [5, 5.41) is 27.1. The van der Waals surface area contributed by atoms with E-state index in [0.29, 0.717) is 29.7 Å². The summed E-state index contributed by atoms with van der Waals surface area (Å²) in [6.45, 7) is 3.23. The number of carbonyl (C=O) groups is 10. The highest BCUT2D eigenvalue weighted by Gasteiger charge is 2.35. The highest BCUT2D eigenvalue weighted by atomic mass is 16.4. The first-order chi connectivity index (χ1) is 35.5. The van der Waals surface area contributed by atoms with Gasteiger partial charge in [-0.3, -0.25) is 38.4 Å². The molecule has 3 heterocycles. The maximum atomic E-state index is 14.8. The van der Waals surface area contributed by atoms with Gasteiger partial charge >= 0.3 is 12.0 Å². The molecule has 0 spiro atoms. The monoisotopic (exact) mass is 1020 g/mol. The van der Waals surface area contributed by atoms with Crippen molar-refractivity contribution in [3.8, 4) is 0 Å². The van der Waals surface area contributed by atoms with E-state index in [1.54, 1.807) is 36.5 Å². The van der Waals surface area contributed by atoms with Crippen molar-refractivity contribution < 1.29 is 53.1 Å². The smallest absolute Gasteiger partial charge is 0.326 e. The van der Waals surface area contributed by atoms with E-state index < -0.39 is 108 Å². The predicted molar refractivity (Wildman–Crippen MR) is 273 cm³/mol. The van der Waals surface area contributed by atoms with E-state index in [9.17, 15) is 53.1 Å². The number of nitrogens with two attached hydrogens (primary N) is 1. The third-order valence-corrected chi connectivity index (χ3v) is 13.2. The molecule has 21 nitrogen and oxygen atoms in total. The van der Waals surface area contributed by atoms with Crippen LogP contribution < -0.4 is 37.6 Å². The van der Waals surface area contributed by atoms with E-state index >= 15 is 0 Å². The molecule has 7 amide bonds. The van der Waals surface area contributed by atoms with Crippen molar-refractivity contribution in [3.05, 3.63) is 90.1 Å². The van der Waals surface area contributed by atoms with Crippen LogP contribution in [-0.4, -0.2) is 116 Å². The van der Waals surface area contributed by atoms with Gasteiger partial charge in [0.05, 0.1) is 12.4 Å². The molecule has 398 valence electrons. The molecule has 0 radical (unpaired) electrons. The van der Waals surface area contributed by atoms with Crippen LogP contribution >= 0.6 is 0 Å². The lowest BCUT2D eigenvalue weighted by molar-refractivity contribution is -0.143. The van der Waals surface area contributed by atoms with Crippen molar-refractivity contribution in [1.29, 1.82) is 0 Å². The number of ketones is 3. The second kappa shape index (κ2) is 29.1. The molecule has 0 saturated carbocycles. The van der Waals surface area contributed by atoms with Gasteiger partial charge in [-0.2, -0.15) is 0 Å². The van der Waals surface area contributed by atoms with Gasteiger partial charge in [0.25, 0.3) is 0 Å². The second-order valence-corrected chi connectivity index (χ2v) is 19.0. The number of rotatable bonds is 17. The van der Waals surface area contributed by atoms with Crippen LogP contribution in [0.5, 0.6) is 0 Å². The Morgan fingerprint density at radius 2 is 1.51 bits per heavy atom. The molecule has 2 aromatic heterocycles. The number of benzene rings is 2. The highest BCUT2D eigenvalue weighted by molar-refractivity contribution is 5.98. The van der Waals surface area contributed by atoms with E-state index in [-0.39, 0.29) is 89.4 Å². The van der Waals surface area contributed by atoms with Crippen LogP contribution in [0.3, 0.4) is 0 Å². The predicted octanol–water partition coefficient (Wildman–Crippen LogP) is 3.16. The summed E-state index contributed by atoms with van der Waals surface area (Å²) in [6, 6.07) is 8.93. The number of imidazole rings is 1. The number of Topliss-reactive ketones (excluding diaryl/α,β-unsaturated/α-hetero) is 3. The number of fused-ring (bicyclic) bond motifs is 1. The number of carbonyl (C=O) groups excluding carboxylic acids is 9. The van der Waals surface area contributed by atoms with Gasteiger partial charge in [-0.05, 0) is 68.6 Å². The molecule has 21 heteroatoms. The molecule has 7 atom stereocenters. The number of H-pyrrole nitrogens is 2. The van der Waals surface area contributed by atoms with E-state index in [1.165, 1.54) is 19.4 Å². The number of carboxylic acids is 1. The molecular weight excluding hydrogens is 953 g/mol. The number of para-hydroxylation sites is 1. The number of nitrogens with one attached hydrogen (secondary N) is 8. The summed E-state index contributed by atoms with van der Waals surface area (Å²) in [6.07, 6.45) is 5.29. The molecule has 1 aliphatic heterocycles. The zero-order chi connectivity index (χ0) is 53.6. The number of urea groups is 1. The molecule has 2 aromatic carbocycles. The first-order valence-electron chi connectivity index (χ1n) is 25.4. The fourth-order valence-electron chi connectivity index (χ4n) is 9.13. The van der Waals surface area contributed by atoms with Crippen LogP contribution in [-0.2, 0) is 62.4 Å². The number of unbranched alkanes of at least 4 members (excludes halogenated alkanes) is 1. The van der Waals surface area contributed by atoms with Crippen molar-refractivity contribution in [2.45, 2.75) is 147 Å². The minimum Gasteiger partial charge on any atom is -0.480 e. The number of aliphatic carboxylic acids is 1. The van der Waals surface area contributed by atoms with E-state index in [1.807, 2.05) is 31.2 Å². The zero-order valence-corrected chi connectivity index (χ0v) is 42.0. The molecule has 74 heavy (non-hydrogen) atoms. The first kappa shape index (κ1) is 57.2. The molecule has 1 aliphatic rings. The topological polar surface area (TPSA) is 334 Å². The van der Waals surface area contributed by atoms with Crippen LogP contribution in [0.25, 0.3) is 10.9 Å². The molecular formula is C53H70N10O11. The number of nitrogens with zero attached hydrogens (tertiary/aromatic N) is 1. The largest absolute Gasteiger partial charge is 0.480 e. The van der Waals surface area contributed by atoms with Gasteiger partial charge in [-0.25, -0.2) is 14.6 Å². The number of amides is 7. The van der Waals surface area contributed by atoms with Gasteiger partial charge in [-0.1, -0.05) is 74.7 Å². The minimum absolute atomic E-state index is 0.0243. The summed E-state index contributed by atoms with van der Waals surface area (Å²) in [5.74, 6) is -8.31. The molecule has 0 bridgehead atoms. The van der Waals surface area contributed by atoms with Gasteiger partial charge in [0.1, 0.15) is 35.7 Å². The van der Waals surface area contributed by atoms with Crippen molar-refractivity contribution in [1.82, 2.24) is 46.9 Å². The Morgan fingerprint density at radius 3 is 2.22 bits per heavy atom. The zero-order valence-electron chi connectivity index (χ0n) is 42.0. The maximum Gasteiger partial charge on any atom is 0.326 e. The minimum atomic E-state index is -1.39. The second-order valence-electron chi connectivity index (χ2n) is 19.0. The van der Waals surface area contributed by atoms with E-state index in [2.05, 4.69) is 46.9 Å². The normalized spacial score (nSPS) is 21.6. The molecule has 1 fully saturated rings. The standard InChI is InChI=1S/C53H70N10O11/c1-3-4-18-41(59-32(2)64)49(69)60-42-22-21-38(65)16-8-10-20-43(52(72)73)61-48(68)35(25-36-29-57-40-19-11-9-17-39(36)40)27-46(66)34(15-12-23-56-53(54)74)26-47(67)44(24-33-13-6-5-7-14-33)62-51(71)45(63-50(42)70)28-37-30-55-31-58-37/h5-7,9,11,13-14,17,19,29-31,34-35,41-45,57H,3-4,8,10,12,15-16,18,20-28H2,1-2H3,(H,55,58)(H,59,64)(H,60,69)(H,61,68)(H,62,71)(H,63,70)(H,72,73)(H3,54,56,74)/t34-,35-,41+,42+,43+,44-,45+/m1/s1. The Hall–Kier alpha value is -7.71. The van der Waals surface area contributed by atoms with Crippen molar-refractivity contribution in [2.75, 3.05) is 6.54 Å². The molecule has 11 N–H and O–H groups in total. The van der Waals surface area contributed by atoms with Crippen molar-refractivity contribution >= 4 is 69.8 Å². The SMILES string of the molecule is CCCC[C@H](NC(C)=O)C(=O)N[C@H]1CCC(=O)CCCC[C@@H](C(=O)O)NC(=O)[C@H](Cc2c[nH]c3ccccc23)CC(=O)[C@H](CCCNC(N)=O)CC(=O)[C@@H](Cc2ccccc2)NC(=O)[C@H](Cc2cnc[nH]2)NC1=O. The summed E-state index contributed by atoms with van der Waals surface area (Å²) >= 11 is 0. The van der Waals surface area contributed by atoms with E-state index in [0.717, 1.165) is 10.9 Å². The number of hydrogen-bond donors (Lipinski definition) is 10. The summed E-state index contributed by atoms with van der Waals surface area (Å²) < 4.78 is 0. The maximum absolute atomic E-state index is 14.8. The summed E-state index contributed by atoms with van der Waals surface area (Å²) in [7, 11) is 0. The molecule has 0 unspecified atom stereocenters. The van der Waals surface area contributed by atoms with Crippen LogP contribution in [0.15, 0.2) is 73.3 Å². The Balaban J connectivity index is 1.55. The van der Waals surface area contributed by atoms with Crippen LogP contribution in [0, 0.1) is 11.8 Å². The molecule has 5 rings (SSSR count). The number of aromatic nitrogens is 3. The average Bonchev–Trinajstić information content (AvgIpc) is 4.04. The van der Waals surface area contributed by atoms with Gasteiger partial charge in [0.2, 0.25) is 29.5 Å². The Morgan fingerprint density at radius 1 is 0.784 bits per heavy atom. The van der Waals surface area contributed by atoms with Crippen LogP contribution in [0.4, 0.5) is 4.79 Å². The fourth-order valence-corrected chi connectivity index (χ4v) is 9.13. The first-order valence-corrected chi connectivity index (χ1v) is 25.4. The highest BCUT2D eigenvalue weighted by Crippen LogP contribution is 2.26. The Kier molecular flexibility index (Phi) is 22.5. The van der Waals surface area contributed by atoms with Crippen LogP contribution in [0.2, 0.25) is 0 Å². The lowest BCUT2D eigenvalue weighted by Crippen LogP contribution is -2.58. The van der Waals surface area contributed by atoms with Crippen molar-refractivity contribution in [3.63, 3.8) is 0 Å². The van der Waals surface area contributed by atoms with Gasteiger partial charge in [0, 0.05) is 86.4 Å². The average molecular weight is 1020 g/mol. The third kappa shape index (κ3) is 18.4. The summed E-state index contributed by atoms with van der Waals surface area (Å²) in [4.78, 5) is 147. The van der Waals surface area contributed by atoms with Gasteiger partial charge < -0.3 is 52.7 Å². The quantitative estimate of drug-likeness (QED) is 0.0682. The Labute approximate surface area is 429 Å². The number of hydrogen-bond acceptors (Lipinski definition) is 11. The van der Waals surface area contributed by atoms with Crippen molar-refractivity contribution in [2.24, 2.45) is 17.6 Å². The molecule has 0 aliphatic carbocycles. The van der Waals surface area contributed by atoms with Gasteiger partial charge in [-0.15, -0.1) is 0 Å². The molecule has 1 saturated heterocycles.